The maximum Gasteiger partial charge on any atom is 0.193 e. The molecule has 1 atom stereocenters. The van der Waals surface area contributed by atoms with Gasteiger partial charge in [0.15, 0.2) is 5.96 Å². The maximum atomic E-state index is 5.20. The van der Waals surface area contributed by atoms with Gasteiger partial charge in [-0.1, -0.05) is 0 Å². The van der Waals surface area contributed by atoms with Crippen molar-refractivity contribution in [3.05, 3.63) is 0 Å². The molecule has 116 valence electrons. The number of methoxy groups -OCH3 is 1. The molecule has 0 aromatic carbocycles. The van der Waals surface area contributed by atoms with Gasteiger partial charge in [0.25, 0.3) is 0 Å². The lowest BCUT2D eigenvalue weighted by Gasteiger charge is -2.25. The van der Waals surface area contributed by atoms with Crippen LogP contribution in [0.4, 0.5) is 0 Å². The van der Waals surface area contributed by atoms with E-state index in [1.54, 1.807) is 7.11 Å². The Bertz CT molecular complexity index is 302. The first kappa shape index (κ1) is 15.6. The van der Waals surface area contributed by atoms with Crippen LogP contribution in [-0.4, -0.2) is 74.8 Å². The fourth-order valence-corrected chi connectivity index (χ4v) is 3.15. The predicted molar refractivity (Wildman–Crippen MR) is 83.3 cm³/mol. The first-order valence-electron chi connectivity index (χ1n) is 8.11. The number of guanidine groups is 1. The van der Waals surface area contributed by atoms with Crippen molar-refractivity contribution in [2.45, 2.75) is 38.6 Å². The molecular formula is C15H30N4O. The average molecular weight is 282 g/mol. The van der Waals surface area contributed by atoms with Crippen LogP contribution in [0.25, 0.3) is 0 Å². The Balaban J connectivity index is 1.87. The average Bonchev–Trinajstić information content (AvgIpc) is 3.12. The van der Waals surface area contributed by atoms with Gasteiger partial charge in [0.05, 0.1) is 13.2 Å². The van der Waals surface area contributed by atoms with Crippen molar-refractivity contribution in [1.29, 1.82) is 0 Å². The van der Waals surface area contributed by atoms with Crippen LogP contribution in [0, 0.1) is 0 Å². The summed E-state index contributed by atoms with van der Waals surface area (Å²) < 4.78 is 5.20. The minimum Gasteiger partial charge on any atom is -0.383 e. The third-order valence-electron chi connectivity index (χ3n) is 4.27. The number of likely N-dealkylation sites (tertiary alicyclic amines) is 2. The van der Waals surface area contributed by atoms with Crippen molar-refractivity contribution in [2.75, 3.05) is 53.0 Å². The third kappa shape index (κ3) is 4.35. The zero-order valence-corrected chi connectivity index (χ0v) is 13.1. The van der Waals surface area contributed by atoms with Gasteiger partial charge < -0.3 is 15.0 Å². The normalized spacial score (nSPS) is 24.6. The van der Waals surface area contributed by atoms with E-state index < -0.39 is 0 Å². The van der Waals surface area contributed by atoms with E-state index in [9.17, 15) is 0 Å². The zero-order chi connectivity index (χ0) is 14.2. The minimum atomic E-state index is 0.599. The molecule has 0 radical (unpaired) electrons. The summed E-state index contributed by atoms with van der Waals surface area (Å²) in [6, 6.07) is 0.599. The standard InChI is InChI=1S/C15H30N4O/c1-3-16-15(19-8-4-5-9-19)17-13-14-7-6-10-18(14)11-12-20-2/h14H,3-13H2,1-2H3,(H,16,17). The van der Waals surface area contributed by atoms with E-state index in [-0.39, 0.29) is 0 Å². The predicted octanol–water partition coefficient (Wildman–Crippen LogP) is 1.16. The molecule has 2 rings (SSSR count). The largest absolute Gasteiger partial charge is 0.383 e. The Labute approximate surface area is 123 Å². The van der Waals surface area contributed by atoms with E-state index in [4.69, 9.17) is 9.73 Å². The number of aliphatic imine (C=N–C) groups is 1. The summed E-state index contributed by atoms with van der Waals surface area (Å²) in [5.41, 5.74) is 0. The van der Waals surface area contributed by atoms with Crippen molar-refractivity contribution < 1.29 is 4.74 Å². The highest BCUT2D eigenvalue weighted by molar-refractivity contribution is 5.80. The lowest BCUT2D eigenvalue weighted by Crippen LogP contribution is -2.41. The van der Waals surface area contributed by atoms with Crippen molar-refractivity contribution in [3.8, 4) is 0 Å². The van der Waals surface area contributed by atoms with Crippen LogP contribution in [0.3, 0.4) is 0 Å². The van der Waals surface area contributed by atoms with Gasteiger partial charge >= 0.3 is 0 Å². The first-order chi connectivity index (χ1) is 9.85. The molecule has 1 unspecified atom stereocenters. The third-order valence-corrected chi connectivity index (χ3v) is 4.27. The lowest BCUT2D eigenvalue weighted by molar-refractivity contribution is 0.142. The highest BCUT2D eigenvalue weighted by Crippen LogP contribution is 2.17. The number of nitrogens with zero attached hydrogens (tertiary/aromatic N) is 3. The van der Waals surface area contributed by atoms with Crippen LogP contribution in [-0.2, 0) is 4.74 Å². The smallest absolute Gasteiger partial charge is 0.193 e. The summed E-state index contributed by atoms with van der Waals surface area (Å²) in [5, 5.41) is 3.44. The molecule has 0 aliphatic carbocycles. The monoisotopic (exact) mass is 282 g/mol. The van der Waals surface area contributed by atoms with E-state index in [0.717, 1.165) is 45.3 Å². The molecule has 0 saturated carbocycles. The zero-order valence-electron chi connectivity index (χ0n) is 13.1. The van der Waals surface area contributed by atoms with Crippen molar-refractivity contribution in [2.24, 2.45) is 4.99 Å². The van der Waals surface area contributed by atoms with E-state index in [2.05, 4.69) is 22.0 Å². The fourth-order valence-electron chi connectivity index (χ4n) is 3.15. The van der Waals surface area contributed by atoms with Crippen molar-refractivity contribution in [3.63, 3.8) is 0 Å². The summed E-state index contributed by atoms with van der Waals surface area (Å²) in [4.78, 5) is 9.81. The van der Waals surface area contributed by atoms with E-state index in [1.807, 2.05) is 0 Å². The van der Waals surface area contributed by atoms with Crippen LogP contribution >= 0.6 is 0 Å². The quantitative estimate of drug-likeness (QED) is 0.586. The molecule has 0 aromatic rings. The van der Waals surface area contributed by atoms with Crippen LogP contribution in [0.2, 0.25) is 0 Å². The summed E-state index contributed by atoms with van der Waals surface area (Å²) in [6.45, 7) is 9.39. The number of hydrogen-bond donors (Lipinski definition) is 1. The van der Waals surface area contributed by atoms with Gasteiger partial charge in [0.2, 0.25) is 0 Å². The number of hydrogen-bond acceptors (Lipinski definition) is 3. The Hall–Kier alpha value is -0.810. The SMILES string of the molecule is CCNC(=NCC1CCCN1CCOC)N1CCCC1. The second-order valence-corrected chi connectivity index (χ2v) is 5.71. The van der Waals surface area contributed by atoms with E-state index >= 15 is 0 Å². The number of rotatable bonds is 6. The summed E-state index contributed by atoms with van der Waals surface area (Å²) in [5.74, 6) is 1.11. The Morgan fingerprint density at radius 2 is 2.05 bits per heavy atom. The number of ether oxygens (including phenoxy) is 1. The summed E-state index contributed by atoms with van der Waals surface area (Å²) in [6.07, 6.45) is 5.17. The molecule has 2 aliphatic rings. The summed E-state index contributed by atoms with van der Waals surface area (Å²) >= 11 is 0. The van der Waals surface area contributed by atoms with Gasteiger partial charge in [0, 0.05) is 39.3 Å². The van der Waals surface area contributed by atoms with Crippen LogP contribution in [0.5, 0.6) is 0 Å². The molecule has 2 aliphatic heterocycles. The molecule has 2 fully saturated rings. The van der Waals surface area contributed by atoms with Gasteiger partial charge in [-0.2, -0.15) is 0 Å². The molecule has 0 aromatic heterocycles. The molecular weight excluding hydrogens is 252 g/mol. The van der Waals surface area contributed by atoms with Gasteiger partial charge in [-0.3, -0.25) is 9.89 Å². The molecule has 0 amide bonds. The van der Waals surface area contributed by atoms with Crippen LogP contribution in [0.15, 0.2) is 4.99 Å². The highest BCUT2D eigenvalue weighted by atomic mass is 16.5. The molecule has 5 heteroatoms. The van der Waals surface area contributed by atoms with Gasteiger partial charge in [0.1, 0.15) is 0 Å². The van der Waals surface area contributed by atoms with E-state index in [0.29, 0.717) is 6.04 Å². The van der Waals surface area contributed by atoms with Crippen molar-refractivity contribution >= 4 is 5.96 Å². The second-order valence-electron chi connectivity index (χ2n) is 5.71. The Morgan fingerprint density at radius 1 is 1.25 bits per heavy atom. The topological polar surface area (TPSA) is 40.1 Å². The second kappa shape index (κ2) is 8.47. The molecule has 1 N–H and O–H groups in total. The van der Waals surface area contributed by atoms with Crippen LogP contribution in [0.1, 0.15) is 32.6 Å². The molecule has 5 nitrogen and oxygen atoms in total. The van der Waals surface area contributed by atoms with E-state index in [1.165, 1.54) is 32.2 Å². The highest BCUT2D eigenvalue weighted by Gasteiger charge is 2.24. The minimum absolute atomic E-state index is 0.599. The van der Waals surface area contributed by atoms with Crippen LogP contribution < -0.4 is 5.32 Å². The lowest BCUT2D eigenvalue weighted by atomic mass is 10.2. The molecule has 0 spiro atoms. The molecule has 2 saturated heterocycles. The van der Waals surface area contributed by atoms with Gasteiger partial charge in [-0.25, -0.2) is 0 Å². The van der Waals surface area contributed by atoms with Crippen molar-refractivity contribution in [1.82, 2.24) is 15.1 Å². The fraction of sp³-hybridized carbons (Fsp3) is 0.933. The van der Waals surface area contributed by atoms with Gasteiger partial charge in [-0.05, 0) is 39.2 Å². The molecule has 0 bridgehead atoms. The molecule has 2 heterocycles. The Kier molecular flexibility index (Phi) is 6.60. The first-order valence-corrected chi connectivity index (χ1v) is 8.11. The summed E-state index contributed by atoms with van der Waals surface area (Å²) in [7, 11) is 1.78. The maximum absolute atomic E-state index is 5.20. The van der Waals surface area contributed by atoms with Gasteiger partial charge in [-0.15, -0.1) is 0 Å². The number of nitrogens with one attached hydrogen (secondary N) is 1. The Morgan fingerprint density at radius 3 is 2.75 bits per heavy atom. The molecule has 20 heavy (non-hydrogen) atoms.